The maximum absolute atomic E-state index is 3.46. The molecule has 2 rings (SSSR count). The van der Waals surface area contributed by atoms with Crippen molar-refractivity contribution in [3.8, 4) is 0 Å². The van der Waals surface area contributed by atoms with Gasteiger partial charge in [0.2, 0.25) is 0 Å². The van der Waals surface area contributed by atoms with Crippen LogP contribution < -0.4 is 5.32 Å². The van der Waals surface area contributed by atoms with Gasteiger partial charge in [-0.15, -0.1) is 0 Å². The molecule has 0 saturated carbocycles. The van der Waals surface area contributed by atoms with Gasteiger partial charge >= 0.3 is 0 Å². The van der Waals surface area contributed by atoms with Crippen molar-refractivity contribution < 1.29 is 0 Å². The molecule has 2 heteroatoms. The average Bonchev–Trinajstić information content (AvgIpc) is 2.01. The molecule has 64 valence electrons. The summed E-state index contributed by atoms with van der Waals surface area (Å²) < 4.78 is 0. The molecule has 0 aromatic heterocycles. The quantitative estimate of drug-likeness (QED) is 0.598. The minimum absolute atomic E-state index is 0.861. The topological polar surface area (TPSA) is 15.3 Å². The predicted octanol–water partition coefficient (Wildman–Crippen LogP) is 0.690. The Morgan fingerprint density at radius 2 is 2.18 bits per heavy atom. The van der Waals surface area contributed by atoms with Crippen LogP contribution in [0.2, 0.25) is 0 Å². The van der Waals surface area contributed by atoms with Crippen LogP contribution in [0.1, 0.15) is 19.8 Å². The first-order valence-corrected chi connectivity index (χ1v) is 4.81. The molecule has 1 atom stereocenters. The van der Waals surface area contributed by atoms with Crippen LogP contribution >= 0.6 is 0 Å². The Kier molecular flexibility index (Phi) is 2.14. The molecule has 0 aliphatic carbocycles. The van der Waals surface area contributed by atoms with E-state index in [1.54, 1.807) is 0 Å². The van der Waals surface area contributed by atoms with E-state index in [0.29, 0.717) is 0 Å². The number of hydrogen-bond donors (Lipinski definition) is 1. The molecule has 0 bridgehead atoms. The summed E-state index contributed by atoms with van der Waals surface area (Å²) in [7, 11) is 0. The molecule has 0 aromatic rings. The number of nitrogens with one attached hydrogen (secondary N) is 1. The van der Waals surface area contributed by atoms with E-state index in [4.69, 9.17) is 0 Å². The van der Waals surface area contributed by atoms with E-state index in [1.165, 1.54) is 39.0 Å². The zero-order valence-electron chi connectivity index (χ0n) is 7.34. The average molecular weight is 154 g/mol. The molecule has 2 saturated heterocycles. The normalized spacial score (nSPS) is 35.2. The summed E-state index contributed by atoms with van der Waals surface area (Å²) in [4.78, 5) is 2.62. The van der Waals surface area contributed by atoms with Crippen molar-refractivity contribution in [2.45, 2.75) is 25.8 Å². The lowest BCUT2D eigenvalue weighted by Gasteiger charge is -2.44. The van der Waals surface area contributed by atoms with E-state index in [9.17, 15) is 0 Å². The van der Waals surface area contributed by atoms with Crippen LogP contribution in [-0.4, -0.2) is 37.1 Å². The van der Waals surface area contributed by atoms with Gasteiger partial charge in [-0.25, -0.2) is 0 Å². The summed E-state index contributed by atoms with van der Waals surface area (Å²) in [6.45, 7) is 7.48. The van der Waals surface area contributed by atoms with Gasteiger partial charge in [-0.3, -0.25) is 4.90 Å². The molecule has 2 nitrogen and oxygen atoms in total. The third-order valence-corrected chi connectivity index (χ3v) is 2.88. The van der Waals surface area contributed by atoms with Crippen molar-refractivity contribution in [2.75, 3.05) is 26.2 Å². The van der Waals surface area contributed by atoms with Crippen molar-refractivity contribution in [1.29, 1.82) is 0 Å². The summed E-state index contributed by atoms with van der Waals surface area (Å²) in [5.74, 6) is 0.955. The lowest BCUT2D eigenvalue weighted by atomic mass is 9.96. The molecule has 2 fully saturated rings. The van der Waals surface area contributed by atoms with Crippen LogP contribution in [0.3, 0.4) is 0 Å². The van der Waals surface area contributed by atoms with E-state index < -0.39 is 0 Å². The summed E-state index contributed by atoms with van der Waals surface area (Å²) in [5.41, 5.74) is 0. The summed E-state index contributed by atoms with van der Waals surface area (Å²) in [5, 5.41) is 3.46. The van der Waals surface area contributed by atoms with Crippen molar-refractivity contribution in [2.24, 2.45) is 5.92 Å². The summed E-state index contributed by atoms with van der Waals surface area (Å²) in [6.07, 6.45) is 2.79. The Morgan fingerprint density at radius 1 is 1.36 bits per heavy atom. The van der Waals surface area contributed by atoms with Gasteiger partial charge < -0.3 is 5.32 Å². The van der Waals surface area contributed by atoms with Crippen LogP contribution in [-0.2, 0) is 0 Å². The highest BCUT2D eigenvalue weighted by molar-refractivity contribution is 4.86. The lowest BCUT2D eigenvalue weighted by Crippen LogP contribution is -2.55. The fourth-order valence-electron chi connectivity index (χ4n) is 2.19. The van der Waals surface area contributed by atoms with Crippen molar-refractivity contribution in [3.05, 3.63) is 0 Å². The van der Waals surface area contributed by atoms with Crippen LogP contribution in [0.25, 0.3) is 0 Å². The zero-order chi connectivity index (χ0) is 7.68. The van der Waals surface area contributed by atoms with Gasteiger partial charge in [-0.1, -0.05) is 6.92 Å². The number of hydrogen-bond acceptors (Lipinski definition) is 2. The smallest absolute Gasteiger partial charge is 0.0221 e. The number of piperidine rings is 1. The van der Waals surface area contributed by atoms with Crippen LogP contribution in [0.5, 0.6) is 0 Å². The van der Waals surface area contributed by atoms with Crippen LogP contribution in [0.15, 0.2) is 0 Å². The maximum Gasteiger partial charge on any atom is 0.0221 e. The van der Waals surface area contributed by atoms with Gasteiger partial charge in [0.25, 0.3) is 0 Å². The van der Waals surface area contributed by atoms with Crippen LogP contribution in [0.4, 0.5) is 0 Å². The fraction of sp³-hybridized carbons (Fsp3) is 1.00. The van der Waals surface area contributed by atoms with Crippen LogP contribution in [0, 0.1) is 5.92 Å². The minimum atomic E-state index is 0.861. The summed E-state index contributed by atoms with van der Waals surface area (Å²) in [6, 6.07) is 0.861. The molecule has 1 unspecified atom stereocenters. The lowest BCUT2D eigenvalue weighted by molar-refractivity contribution is 0.0501. The SMILES string of the molecule is CC1CN(C2CCCNC2)C1. The van der Waals surface area contributed by atoms with Crippen molar-refractivity contribution in [1.82, 2.24) is 10.2 Å². The second kappa shape index (κ2) is 3.11. The second-order valence-electron chi connectivity index (χ2n) is 4.06. The van der Waals surface area contributed by atoms with Gasteiger partial charge in [0.15, 0.2) is 0 Å². The summed E-state index contributed by atoms with van der Waals surface area (Å²) >= 11 is 0. The zero-order valence-corrected chi connectivity index (χ0v) is 7.34. The van der Waals surface area contributed by atoms with Gasteiger partial charge in [-0.2, -0.15) is 0 Å². The van der Waals surface area contributed by atoms with E-state index in [-0.39, 0.29) is 0 Å². The predicted molar refractivity (Wildman–Crippen MR) is 46.6 cm³/mol. The Labute approximate surface area is 69.0 Å². The third kappa shape index (κ3) is 1.57. The highest BCUT2D eigenvalue weighted by atomic mass is 15.2. The third-order valence-electron chi connectivity index (χ3n) is 2.88. The Bertz CT molecular complexity index is 124. The molecule has 2 aliphatic heterocycles. The number of likely N-dealkylation sites (tertiary alicyclic amines) is 1. The highest BCUT2D eigenvalue weighted by Gasteiger charge is 2.29. The van der Waals surface area contributed by atoms with Crippen molar-refractivity contribution in [3.63, 3.8) is 0 Å². The van der Waals surface area contributed by atoms with E-state index in [0.717, 1.165) is 12.0 Å². The molecule has 0 amide bonds. The van der Waals surface area contributed by atoms with Gasteiger partial charge in [0.1, 0.15) is 0 Å². The van der Waals surface area contributed by atoms with Gasteiger partial charge in [0.05, 0.1) is 0 Å². The first-order chi connectivity index (χ1) is 5.36. The van der Waals surface area contributed by atoms with Gasteiger partial charge in [-0.05, 0) is 25.3 Å². The molecule has 11 heavy (non-hydrogen) atoms. The molecular formula is C9H18N2. The van der Waals surface area contributed by atoms with E-state index in [2.05, 4.69) is 17.1 Å². The molecule has 1 N–H and O–H groups in total. The second-order valence-corrected chi connectivity index (χ2v) is 4.06. The monoisotopic (exact) mass is 154 g/mol. The molecule has 0 spiro atoms. The Hall–Kier alpha value is -0.0800. The van der Waals surface area contributed by atoms with E-state index >= 15 is 0 Å². The number of nitrogens with zero attached hydrogens (tertiary/aromatic N) is 1. The Balaban J connectivity index is 1.76. The first kappa shape index (κ1) is 7.56. The molecule has 2 heterocycles. The van der Waals surface area contributed by atoms with Gasteiger partial charge in [0, 0.05) is 25.7 Å². The molecule has 2 aliphatic rings. The van der Waals surface area contributed by atoms with E-state index in [1.807, 2.05) is 0 Å². The standard InChI is InChI=1S/C9H18N2/c1-8-6-11(7-8)9-3-2-4-10-5-9/h8-10H,2-7H2,1H3. The molecule has 0 aromatic carbocycles. The number of rotatable bonds is 1. The molecular weight excluding hydrogens is 136 g/mol. The minimum Gasteiger partial charge on any atom is -0.315 e. The Morgan fingerprint density at radius 3 is 2.73 bits per heavy atom. The maximum atomic E-state index is 3.46. The fourth-order valence-corrected chi connectivity index (χ4v) is 2.19. The largest absolute Gasteiger partial charge is 0.315 e. The highest BCUT2D eigenvalue weighted by Crippen LogP contribution is 2.21. The van der Waals surface area contributed by atoms with Crippen molar-refractivity contribution >= 4 is 0 Å². The molecule has 0 radical (unpaired) electrons. The first-order valence-electron chi connectivity index (χ1n) is 4.81.